The summed E-state index contributed by atoms with van der Waals surface area (Å²) in [5.74, 6) is 2.32. The summed E-state index contributed by atoms with van der Waals surface area (Å²) >= 11 is 9.15. The van der Waals surface area contributed by atoms with Crippen molar-refractivity contribution in [3.63, 3.8) is 0 Å². The highest BCUT2D eigenvalue weighted by molar-refractivity contribution is 14.1. The smallest absolute Gasteiger partial charge is 0.399 e. The van der Waals surface area contributed by atoms with Gasteiger partial charge >= 0.3 is 30.2 Å². The number of rotatable bonds is 13. The molecule has 1 saturated heterocycles. The molecule has 24 nitrogen and oxygen atoms in total. The molecule has 5 N–H and O–H groups in total. The number of nitrogen functional groups attached to an aromatic ring is 1. The van der Waals surface area contributed by atoms with Crippen molar-refractivity contribution >= 4 is 118 Å². The van der Waals surface area contributed by atoms with Crippen LogP contribution >= 0.6 is 54.5 Å². The fourth-order valence-corrected chi connectivity index (χ4v) is 13.6. The molecule has 1 fully saturated rings. The number of nitrogens with one attached hydrogen (secondary N) is 3. The Morgan fingerprint density at radius 1 is 0.504 bits per heavy atom. The number of nitrogens with zero attached hydrogens (tertiary/aromatic N) is 11. The molecular weight excluding hydrogens is 1700 g/mol. The van der Waals surface area contributed by atoms with Crippen molar-refractivity contribution in [2.24, 2.45) is 0 Å². The number of alkyl halides is 1. The zero-order valence-corrected chi connectivity index (χ0v) is 71.4. The first kappa shape index (κ1) is 84.5. The highest BCUT2D eigenvalue weighted by Crippen LogP contribution is 2.38. The van der Waals surface area contributed by atoms with Gasteiger partial charge in [0.1, 0.15) is 29.9 Å². The lowest BCUT2D eigenvalue weighted by molar-refractivity contribution is 0.00578. The number of nitrogens with two attached hydrogens (primary N) is 1. The lowest BCUT2D eigenvalue weighted by Crippen LogP contribution is -2.41. The van der Waals surface area contributed by atoms with Crippen LogP contribution in [0.5, 0.6) is 0 Å². The molecule has 8 aromatic carbocycles. The number of benzene rings is 8. The molecule has 592 valence electrons. The third kappa shape index (κ3) is 20.8. The fourth-order valence-electron chi connectivity index (χ4n) is 12.9. The highest BCUT2D eigenvalue weighted by Gasteiger charge is 2.53. The molecule has 0 amide bonds. The van der Waals surface area contributed by atoms with Crippen molar-refractivity contribution in [3.05, 3.63) is 329 Å². The number of aryl methyl sites for hydroxylation is 7. The molecule has 0 atom stereocenters. The topological polar surface area (TPSA) is 290 Å². The van der Waals surface area contributed by atoms with Crippen LogP contribution in [0.4, 0.5) is 16.2 Å². The molecule has 0 spiro atoms. The van der Waals surface area contributed by atoms with Gasteiger partial charge in [0, 0.05) is 63.4 Å². The van der Waals surface area contributed by atoms with E-state index in [1.807, 2.05) is 261 Å². The van der Waals surface area contributed by atoms with Gasteiger partial charge in [0.15, 0.2) is 0 Å². The second-order valence-electron chi connectivity index (χ2n) is 28.0. The second kappa shape index (κ2) is 38.6. The van der Waals surface area contributed by atoms with Gasteiger partial charge in [0.2, 0.25) is 0 Å². The minimum Gasteiger partial charge on any atom is -0.399 e. The van der Waals surface area contributed by atoms with Crippen LogP contribution < -0.4 is 33.6 Å². The monoisotopic (exact) mass is 1790 g/mol. The number of H-pyrrole nitrogens is 2. The van der Waals surface area contributed by atoms with Crippen LogP contribution in [0.2, 0.25) is 0 Å². The van der Waals surface area contributed by atoms with E-state index in [0.29, 0.717) is 26.2 Å². The number of aromatic nitrogens is 13. The zero-order chi connectivity index (χ0) is 82.1. The lowest BCUT2D eigenvalue weighted by Gasteiger charge is -2.32. The molecule has 0 radical (unpaired) electrons. The molecule has 17 rings (SSSR count). The minimum atomic E-state index is -0.378. The summed E-state index contributed by atoms with van der Waals surface area (Å²) in [6.07, 6.45) is 9.17. The molecule has 115 heavy (non-hydrogen) atoms. The largest absolute Gasteiger partial charge is 0.500 e. The van der Waals surface area contributed by atoms with E-state index in [1.165, 1.54) is 31.8 Å². The van der Waals surface area contributed by atoms with Crippen molar-refractivity contribution in [2.75, 3.05) is 15.5 Å². The molecule has 1 aliphatic heterocycles. The van der Waals surface area contributed by atoms with E-state index in [-0.39, 0.29) is 41.4 Å². The van der Waals surface area contributed by atoms with Gasteiger partial charge in [0.25, 0.3) is 0 Å². The summed E-state index contributed by atoms with van der Waals surface area (Å²) in [5, 5.41) is 15.3. The Morgan fingerprint density at radius 2 is 0.922 bits per heavy atom. The maximum absolute atomic E-state index is 13.0. The number of imidazole rings is 5. The van der Waals surface area contributed by atoms with Gasteiger partial charge < -0.3 is 43.9 Å². The SMILES string of the molecule is CCI.CCn1c(=O)n(Cc2ccccc2)c2cc(-c3c(C)noc3C)ccc21.Cc1noc(C)c1-c1ccc2[nH]c(=O)n(Cc3ccccc3)c2c1.Cc1noc(C)c1B1OC(C)(C)C(C)(C)O1.Nc1ccc(Br)cc1NCc1ccccc1.O=C(n1ccnc1)n1ccnc1.O=c1[nH]c2ccc(Br)cc2n1Cc1ccccc1. The zero-order valence-electron chi connectivity index (χ0n) is 66.1. The van der Waals surface area contributed by atoms with Crippen LogP contribution in [0.15, 0.2) is 268 Å². The predicted octanol–water partition coefficient (Wildman–Crippen LogP) is 18.2. The summed E-state index contributed by atoms with van der Waals surface area (Å²) < 4.78 is 40.7. The van der Waals surface area contributed by atoms with Crippen molar-refractivity contribution in [3.8, 4) is 22.3 Å². The average molecular weight is 1790 g/mol. The van der Waals surface area contributed by atoms with Crippen molar-refractivity contribution in [1.29, 1.82) is 0 Å². The molecule has 0 unspecified atom stereocenters. The average Bonchev–Trinajstić information content (AvgIpc) is 1.63. The van der Waals surface area contributed by atoms with E-state index in [1.54, 1.807) is 33.9 Å². The summed E-state index contributed by atoms with van der Waals surface area (Å²) in [7, 11) is -0.378. The van der Waals surface area contributed by atoms with E-state index in [9.17, 15) is 19.2 Å². The predicted molar refractivity (Wildman–Crippen MR) is 470 cm³/mol. The van der Waals surface area contributed by atoms with Crippen LogP contribution in [0, 0.1) is 41.5 Å². The van der Waals surface area contributed by atoms with Gasteiger partial charge in [-0.05, 0) is 175 Å². The van der Waals surface area contributed by atoms with E-state index >= 15 is 0 Å². The Hall–Kier alpha value is -11.4. The second-order valence-corrected chi connectivity index (χ2v) is 31.3. The van der Waals surface area contributed by atoms with Gasteiger partial charge in [-0.2, -0.15) is 0 Å². The summed E-state index contributed by atoms with van der Waals surface area (Å²) in [5.41, 5.74) is 24.1. The Bertz CT molecular complexity index is 5960. The molecule has 0 saturated carbocycles. The lowest BCUT2D eigenvalue weighted by atomic mass is 9.77. The van der Waals surface area contributed by atoms with E-state index in [4.69, 9.17) is 28.6 Å². The third-order valence-corrected chi connectivity index (χ3v) is 20.4. The van der Waals surface area contributed by atoms with E-state index in [0.717, 1.165) is 139 Å². The molecule has 1 aliphatic rings. The number of carbonyl (C=O) groups excluding carboxylic acids is 1. The normalized spacial score (nSPS) is 12.4. The highest BCUT2D eigenvalue weighted by atomic mass is 127. The quantitative estimate of drug-likeness (QED) is 0.0361. The van der Waals surface area contributed by atoms with Crippen LogP contribution in [-0.2, 0) is 42.0 Å². The molecule has 0 aliphatic carbocycles. The minimum absolute atomic E-state index is 0.0160. The number of fused-ring (bicyclic) bond motifs is 3. The number of aromatic amines is 2. The maximum atomic E-state index is 13.0. The van der Waals surface area contributed by atoms with Crippen LogP contribution in [0.1, 0.15) is 98.2 Å². The van der Waals surface area contributed by atoms with Gasteiger partial charge in [-0.25, -0.2) is 29.1 Å². The molecule has 9 heterocycles. The number of carbonyl (C=O) groups is 1. The van der Waals surface area contributed by atoms with E-state index < -0.39 is 0 Å². The Labute approximate surface area is 696 Å². The number of hydrogen-bond acceptors (Lipinski definition) is 16. The van der Waals surface area contributed by atoms with Crippen LogP contribution in [0.25, 0.3) is 55.4 Å². The van der Waals surface area contributed by atoms with Crippen LogP contribution in [0.3, 0.4) is 0 Å². The summed E-state index contributed by atoms with van der Waals surface area (Å²) in [6, 6.07) is 63.7. The molecule has 0 bridgehead atoms. The first-order chi connectivity index (χ1) is 55.3. The molecule has 28 heteroatoms. The Kier molecular flexibility index (Phi) is 28.4. The van der Waals surface area contributed by atoms with Crippen molar-refractivity contribution in [2.45, 2.75) is 127 Å². The Balaban J connectivity index is 0.000000137. The molecular formula is C87H91BBr2IN15O9. The number of halogens is 3. The summed E-state index contributed by atoms with van der Waals surface area (Å²) in [6.45, 7) is 26.8. The van der Waals surface area contributed by atoms with Crippen molar-refractivity contribution in [1.82, 2.24) is 62.8 Å². The van der Waals surface area contributed by atoms with Gasteiger partial charge in [-0.3, -0.25) is 27.4 Å². The Morgan fingerprint density at radius 3 is 1.37 bits per heavy atom. The van der Waals surface area contributed by atoms with Crippen molar-refractivity contribution < 1.29 is 27.7 Å². The fraction of sp³-hybridized carbons (Fsp3) is 0.230. The number of anilines is 2. The first-order valence-electron chi connectivity index (χ1n) is 37.3. The van der Waals surface area contributed by atoms with Gasteiger partial charge in [0.05, 0.1) is 92.4 Å². The molecule has 16 aromatic rings. The summed E-state index contributed by atoms with van der Waals surface area (Å²) in [4.78, 5) is 62.0. The van der Waals surface area contributed by atoms with E-state index in [2.05, 4.69) is 120 Å². The standard InChI is InChI=1S/C21H21N3O2.C19H17N3O2.C14H11BrN2O.C13H13BrN2.C11H18BNO3.C7H6N4O.C2H5I/c1-4-23-18-11-10-17(20-14(2)22-26-15(20)3)12-19(18)24(21(23)25)13-16-8-6-5-7-9-16;1-12-18(13(2)24-21-12)15-8-9-16-17(10-15)22(19(23)20-16)11-14-6-4-3-5-7-14;15-11-6-7-12-13(8-11)17(14(18)16-12)9-10-4-2-1-3-5-10;14-11-6-7-12(15)13(8-11)16-9-10-4-2-1-3-5-10;1-7-9(8(2)14-13-7)12-15-10(3,4)11(5,6)16-12;12-7(10-3-1-8-5-10)11-4-2-9-6-11;1-2-3/h5-12H,4,13H2,1-3H3;3-10H,11H2,1-2H3,(H,20,23);1-8H,9H2,(H,16,18);1-8,16H,9,15H2;1-6H3;1-6H;2H2,1H3. The third-order valence-electron chi connectivity index (χ3n) is 19.4. The first-order valence-corrected chi connectivity index (χ1v) is 40.4. The maximum Gasteiger partial charge on any atom is 0.500 e. The van der Waals surface area contributed by atoms with Crippen LogP contribution in [-0.4, -0.2) is 91.6 Å². The van der Waals surface area contributed by atoms with Gasteiger partial charge in [-0.15, -0.1) is 0 Å². The van der Waals surface area contributed by atoms with Gasteiger partial charge in [-0.1, -0.05) is 210 Å². The molecule has 8 aromatic heterocycles. The number of hydrogen-bond donors (Lipinski definition) is 4.